The summed E-state index contributed by atoms with van der Waals surface area (Å²) in [4.78, 5) is 25.0. The molecule has 1 aliphatic rings. The van der Waals surface area contributed by atoms with Gasteiger partial charge in [-0.2, -0.15) is 0 Å². The normalized spacial score (nSPS) is 23.5. The van der Waals surface area contributed by atoms with Crippen LogP contribution in [0, 0.1) is 5.92 Å². The van der Waals surface area contributed by atoms with Gasteiger partial charge in [-0.05, 0) is 33.1 Å². The number of morpholine rings is 1. The Morgan fingerprint density at radius 2 is 2.05 bits per heavy atom. The van der Waals surface area contributed by atoms with Crippen LogP contribution in [0.4, 0.5) is 4.79 Å². The summed E-state index contributed by atoms with van der Waals surface area (Å²) in [7, 11) is 0. The fourth-order valence-electron chi connectivity index (χ4n) is 2.54. The van der Waals surface area contributed by atoms with Crippen molar-refractivity contribution in [1.82, 2.24) is 10.2 Å². The van der Waals surface area contributed by atoms with Crippen molar-refractivity contribution in [2.45, 2.75) is 58.8 Å². The van der Waals surface area contributed by atoms with Gasteiger partial charge in [0.1, 0.15) is 6.04 Å². The number of ether oxygens (including phenoxy) is 1. The summed E-state index contributed by atoms with van der Waals surface area (Å²) >= 11 is 0. The van der Waals surface area contributed by atoms with E-state index in [9.17, 15) is 9.59 Å². The maximum atomic E-state index is 12.2. The smallest absolute Gasteiger partial charge is 0.326 e. The Morgan fingerprint density at radius 1 is 1.45 bits per heavy atom. The van der Waals surface area contributed by atoms with Crippen molar-refractivity contribution in [3.05, 3.63) is 0 Å². The summed E-state index contributed by atoms with van der Waals surface area (Å²) in [5.41, 5.74) is -0.411. The van der Waals surface area contributed by atoms with E-state index in [-0.39, 0.29) is 18.1 Å². The molecule has 1 heterocycles. The molecule has 6 nitrogen and oxygen atoms in total. The number of hydrogen-bond donors (Lipinski definition) is 2. The van der Waals surface area contributed by atoms with Crippen LogP contribution in [0.25, 0.3) is 0 Å². The standard InChI is InChI=1S/C14H26N2O4/c1-9(2)6-11(12(17)18)15-13(19)16-7-10(3)20-14(4,5)8-16/h9-11H,6-8H2,1-5H3,(H,15,19)(H,17,18)/t10?,11-/m0/s1. The number of nitrogens with zero attached hydrogens (tertiary/aromatic N) is 1. The first-order valence-corrected chi connectivity index (χ1v) is 7.07. The molecule has 6 heteroatoms. The molecule has 0 spiro atoms. The van der Waals surface area contributed by atoms with Gasteiger partial charge in [-0.15, -0.1) is 0 Å². The molecule has 0 bridgehead atoms. The van der Waals surface area contributed by atoms with Gasteiger partial charge < -0.3 is 20.1 Å². The molecule has 0 aliphatic carbocycles. The average molecular weight is 286 g/mol. The fourth-order valence-corrected chi connectivity index (χ4v) is 2.54. The van der Waals surface area contributed by atoms with Crippen LogP contribution in [0.2, 0.25) is 0 Å². The Hall–Kier alpha value is -1.30. The molecule has 2 amide bonds. The largest absolute Gasteiger partial charge is 0.480 e. The van der Waals surface area contributed by atoms with Crippen LogP contribution in [-0.2, 0) is 9.53 Å². The highest BCUT2D eigenvalue weighted by atomic mass is 16.5. The molecule has 2 atom stereocenters. The third-order valence-corrected chi connectivity index (χ3v) is 3.16. The lowest BCUT2D eigenvalue weighted by Crippen LogP contribution is -2.58. The van der Waals surface area contributed by atoms with E-state index in [1.165, 1.54) is 0 Å². The number of hydrogen-bond acceptors (Lipinski definition) is 3. The van der Waals surface area contributed by atoms with Crippen molar-refractivity contribution in [3.63, 3.8) is 0 Å². The number of carbonyl (C=O) groups is 2. The zero-order valence-electron chi connectivity index (χ0n) is 13.0. The second-order valence-corrected chi connectivity index (χ2v) is 6.54. The Balaban J connectivity index is 2.66. The summed E-state index contributed by atoms with van der Waals surface area (Å²) in [5.74, 6) is -0.788. The van der Waals surface area contributed by atoms with Crippen LogP contribution in [0.1, 0.15) is 41.0 Å². The molecule has 20 heavy (non-hydrogen) atoms. The van der Waals surface area contributed by atoms with Gasteiger partial charge in [0.15, 0.2) is 0 Å². The minimum atomic E-state index is -0.993. The zero-order valence-corrected chi connectivity index (χ0v) is 13.0. The number of carboxylic acids is 1. The number of carbonyl (C=O) groups excluding carboxylic acids is 1. The van der Waals surface area contributed by atoms with Gasteiger partial charge in [0, 0.05) is 6.54 Å². The Kier molecular flexibility index (Phi) is 5.39. The predicted molar refractivity (Wildman–Crippen MR) is 75.6 cm³/mol. The summed E-state index contributed by atoms with van der Waals surface area (Å²) in [6.07, 6.45) is 0.363. The number of urea groups is 1. The number of aliphatic carboxylic acids is 1. The maximum Gasteiger partial charge on any atom is 0.326 e. The molecule has 1 rings (SSSR count). The molecular formula is C14H26N2O4. The molecule has 2 N–H and O–H groups in total. The van der Waals surface area contributed by atoms with Crippen LogP contribution in [0.15, 0.2) is 0 Å². The van der Waals surface area contributed by atoms with Gasteiger partial charge in [0.25, 0.3) is 0 Å². The van der Waals surface area contributed by atoms with E-state index in [1.54, 1.807) is 4.90 Å². The van der Waals surface area contributed by atoms with E-state index in [0.717, 1.165) is 0 Å². The molecule has 116 valence electrons. The molecule has 0 aromatic heterocycles. The summed E-state index contributed by atoms with van der Waals surface area (Å²) < 4.78 is 5.73. The quantitative estimate of drug-likeness (QED) is 0.824. The zero-order chi connectivity index (χ0) is 15.5. The summed E-state index contributed by atoms with van der Waals surface area (Å²) in [6.45, 7) is 10.5. The Bertz CT molecular complexity index is 368. The number of nitrogens with one attached hydrogen (secondary N) is 1. The van der Waals surface area contributed by atoms with Crippen LogP contribution in [0.3, 0.4) is 0 Å². The highest BCUT2D eigenvalue weighted by Crippen LogP contribution is 2.20. The fraction of sp³-hybridized carbons (Fsp3) is 0.857. The minimum Gasteiger partial charge on any atom is -0.480 e. The third-order valence-electron chi connectivity index (χ3n) is 3.16. The third kappa shape index (κ3) is 5.00. The summed E-state index contributed by atoms with van der Waals surface area (Å²) in [6, 6.07) is -1.18. The van der Waals surface area contributed by atoms with E-state index in [2.05, 4.69) is 5.32 Å². The second-order valence-electron chi connectivity index (χ2n) is 6.54. The van der Waals surface area contributed by atoms with Crippen LogP contribution < -0.4 is 5.32 Å². The van der Waals surface area contributed by atoms with Crippen LogP contribution in [-0.4, -0.2) is 52.8 Å². The Labute approximate surface area is 120 Å². The molecular weight excluding hydrogens is 260 g/mol. The maximum absolute atomic E-state index is 12.2. The van der Waals surface area contributed by atoms with Crippen molar-refractivity contribution in [3.8, 4) is 0 Å². The first-order chi connectivity index (χ1) is 9.10. The topological polar surface area (TPSA) is 78.9 Å². The van der Waals surface area contributed by atoms with E-state index in [4.69, 9.17) is 9.84 Å². The average Bonchev–Trinajstić information content (AvgIpc) is 2.24. The molecule has 1 fully saturated rings. The lowest BCUT2D eigenvalue weighted by atomic mass is 10.0. The minimum absolute atomic E-state index is 0.0575. The second kappa shape index (κ2) is 6.43. The first-order valence-electron chi connectivity index (χ1n) is 7.07. The molecule has 1 aliphatic heterocycles. The number of carboxylic acid groups (broad SMARTS) is 1. The lowest BCUT2D eigenvalue weighted by Gasteiger charge is -2.41. The molecule has 0 aromatic carbocycles. The van der Waals surface area contributed by atoms with Gasteiger partial charge in [-0.25, -0.2) is 9.59 Å². The number of amides is 2. The lowest BCUT2D eigenvalue weighted by molar-refractivity contribution is -0.139. The van der Waals surface area contributed by atoms with Crippen LogP contribution >= 0.6 is 0 Å². The van der Waals surface area contributed by atoms with Crippen molar-refractivity contribution in [2.75, 3.05) is 13.1 Å². The van der Waals surface area contributed by atoms with E-state index >= 15 is 0 Å². The highest BCUT2D eigenvalue weighted by molar-refractivity contribution is 5.82. The molecule has 1 unspecified atom stereocenters. The van der Waals surface area contributed by atoms with Crippen molar-refractivity contribution in [1.29, 1.82) is 0 Å². The van der Waals surface area contributed by atoms with Crippen molar-refractivity contribution < 1.29 is 19.4 Å². The van der Waals surface area contributed by atoms with Gasteiger partial charge >= 0.3 is 12.0 Å². The van der Waals surface area contributed by atoms with E-state index < -0.39 is 17.6 Å². The van der Waals surface area contributed by atoms with Crippen LogP contribution in [0.5, 0.6) is 0 Å². The van der Waals surface area contributed by atoms with Crippen molar-refractivity contribution >= 4 is 12.0 Å². The molecule has 1 saturated heterocycles. The first kappa shape index (κ1) is 16.8. The molecule has 0 saturated carbocycles. The van der Waals surface area contributed by atoms with Gasteiger partial charge in [0.05, 0.1) is 18.2 Å². The predicted octanol–water partition coefficient (Wildman–Crippen LogP) is 1.69. The molecule has 0 aromatic rings. The Morgan fingerprint density at radius 3 is 2.50 bits per heavy atom. The summed E-state index contributed by atoms with van der Waals surface area (Å²) in [5, 5.41) is 11.8. The number of rotatable bonds is 4. The van der Waals surface area contributed by atoms with E-state index in [1.807, 2.05) is 34.6 Å². The van der Waals surface area contributed by atoms with Gasteiger partial charge in [-0.3, -0.25) is 0 Å². The van der Waals surface area contributed by atoms with Gasteiger partial charge in [-0.1, -0.05) is 13.8 Å². The highest BCUT2D eigenvalue weighted by Gasteiger charge is 2.35. The van der Waals surface area contributed by atoms with E-state index in [0.29, 0.717) is 19.5 Å². The molecule has 0 radical (unpaired) electrons. The van der Waals surface area contributed by atoms with Crippen molar-refractivity contribution in [2.24, 2.45) is 5.92 Å². The van der Waals surface area contributed by atoms with Gasteiger partial charge in [0.2, 0.25) is 0 Å². The monoisotopic (exact) mass is 286 g/mol. The SMILES string of the molecule is CC(C)C[C@H](NC(=O)N1CC(C)OC(C)(C)C1)C(=O)O.